The van der Waals surface area contributed by atoms with Gasteiger partial charge in [-0.15, -0.1) is 0 Å². The molecule has 0 saturated carbocycles. The number of aromatic nitrogens is 8. The van der Waals surface area contributed by atoms with Crippen LogP contribution in [0.2, 0.25) is 36.3 Å². The fraction of sp³-hybridized carbons (Fsp3) is 0.415. The number of aromatic amines is 2. The largest absolute Gasteiger partial charge is 0.497 e. The van der Waals surface area contributed by atoms with Gasteiger partial charge < -0.3 is 46.7 Å². The Morgan fingerprint density at radius 1 is 0.473 bits per heavy atom. The van der Waals surface area contributed by atoms with E-state index in [4.69, 9.17) is 65.8 Å². The highest BCUT2D eigenvalue weighted by molar-refractivity contribution is 7.33. The second kappa shape index (κ2) is 33.3. The second-order valence-electron chi connectivity index (χ2n) is 31.6. The molecule has 6 heterocycles. The second-order valence-corrected chi connectivity index (χ2v) is 42.1. The van der Waals surface area contributed by atoms with Crippen LogP contribution in [0.15, 0.2) is 180 Å². The maximum absolute atomic E-state index is 16.6. The predicted molar refractivity (Wildman–Crippen MR) is 430 cm³/mol. The van der Waals surface area contributed by atoms with Gasteiger partial charge >= 0.3 is 8.25 Å². The fourth-order valence-corrected chi connectivity index (χ4v) is 17.0. The molecule has 4 N–H and O–H groups in total. The van der Waals surface area contributed by atoms with Gasteiger partial charge in [-0.2, -0.15) is 9.97 Å². The summed E-state index contributed by atoms with van der Waals surface area (Å²) in [7, 11) is -3.82. The highest BCUT2D eigenvalue weighted by atomic mass is 31.1. The fourth-order valence-electron chi connectivity index (χ4n) is 13.4. The summed E-state index contributed by atoms with van der Waals surface area (Å²) < 4.78 is 102. The number of anilines is 2. The average Bonchev–Trinajstić information content (AvgIpc) is 0.804. The number of carbonyl (C=O) groups is 2. The molecule has 594 valence electrons. The van der Waals surface area contributed by atoms with Crippen molar-refractivity contribution in [3.63, 3.8) is 0 Å². The number of amides is 2. The van der Waals surface area contributed by atoms with Crippen LogP contribution in [0.4, 0.5) is 11.9 Å². The van der Waals surface area contributed by atoms with E-state index in [-0.39, 0.29) is 47.4 Å². The molecule has 0 bridgehead atoms. The summed E-state index contributed by atoms with van der Waals surface area (Å²) in [6, 6.07) is 49.9. The Bertz CT molecular complexity index is 4660. The zero-order chi connectivity index (χ0) is 80.4. The number of fused-ring (bicyclic) bond motifs is 2. The lowest BCUT2D eigenvalue weighted by Gasteiger charge is -2.42. The van der Waals surface area contributed by atoms with Crippen molar-refractivity contribution in [2.75, 3.05) is 52.3 Å². The number of ether oxygens (including phenoxy) is 8. The van der Waals surface area contributed by atoms with Gasteiger partial charge in [0.05, 0.1) is 54.3 Å². The molecule has 12 rings (SSSR count). The number of rotatable bonds is 30. The Morgan fingerprint density at radius 3 is 1.04 bits per heavy atom. The molecule has 4 aromatic heterocycles. The van der Waals surface area contributed by atoms with E-state index in [1.165, 1.54) is 21.8 Å². The number of nitrogens with one attached hydrogen (secondary N) is 4. The highest BCUT2D eigenvalue weighted by Gasteiger charge is 2.57. The molecule has 2 aliphatic rings. The van der Waals surface area contributed by atoms with E-state index in [0.29, 0.717) is 45.3 Å². The first-order valence-electron chi connectivity index (χ1n) is 37.3. The molecule has 2 amide bonds. The minimum Gasteiger partial charge on any atom is -0.497 e. The molecule has 27 nitrogen and oxygen atoms in total. The van der Waals surface area contributed by atoms with Gasteiger partial charge in [0.2, 0.25) is 23.7 Å². The Balaban J connectivity index is 1.04. The quantitative estimate of drug-likeness (QED) is 0.0185. The van der Waals surface area contributed by atoms with Gasteiger partial charge in [-0.3, -0.25) is 62.5 Å². The number of H-pyrrole nitrogens is 2. The first kappa shape index (κ1) is 82.0. The average molecular weight is 1590 g/mol. The van der Waals surface area contributed by atoms with Gasteiger partial charge in [-0.1, -0.05) is 178 Å². The zero-order valence-electron chi connectivity index (χ0n) is 66.5. The first-order valence-corrected chi connectivity index (χ1v) is 44.3. The van der Waals surface area contributed by atoms with Crippen molar-refractivity contribution < 1.29 is 69.9 Å². The van der Waals surface area contributed by atoms with Crippen LogP contribution in [0.25, 0.3) is 22.3 Å². The highest BCUT2D eigenvalue weighted by Crippen LogP contribution is 2.52. The summed E-state index contributed by atoms with van der Waals surface area (Å²) >= 11 is 0. The zero-order valence-corrected chi connectivity index (χ0v) is 69.5. The maximum atomic E-state index is 16.6. The van der Waals surface area contributed by atoms with Gasteiger partial charge in [0, 0.05) is 11.8 Å². The van der Waals surface area contributed by atoms with Crippen molar-refractivity contribution in [2.24, 2.45) is 11.8 Å². The van der Waals surface area contributed by atoms with E-state index in [0.717, 1.165) is 11.1 Å². The van der Waals surface area contributed by atoms with Crippen LogP contribution in [0, 0.1) is 11.8 Å². The van der Waals surface area contributed by atoms with Gasteiger partial charge in [0.25, 0.3) is 11.1 Å². The molecule has 0 aliphatic carbocycles. The number of hydrogen-bond donors (Lipinski definition) is 4. The molecule has 2 aliphatic heterocycles. The Hall–Kier alpha value is -9.50. The minimum absolute atomic E-state index is 0.0334. The van der Waals surface area contributed by atoms with Crippen LogP contribution in [0.1, 0.15) is 115 Å². The van der Waals surface area contributed by atoms with E-state index >= 15 is 4.57 Å². The van der Waals surface area contributed by atoms with Crippen molar-refractivity contribution in [3.05, 3.63) is 224 Å². The normalized spacial score (nSPS) is 19.3. The lowest BCUT2D eigenvalue weighted by molar-refractivity contribution is -0.119. The number of carbonyl (C=O) groups excluding carboxylic acids is 2. The molecule has 2 saturated heterocycles. The molecule has 0 unspecified atom stereocenters. The smallest absolute Gasteiger partial charge is 0.320 e. The van der Waals surface area contributed by atoms with Crippen LogP contribution >= 0.6 is 8.25 Å². The lowest BCUT2D eigenvalue weighted by atomic mass is 9.80. The van der Waals surface area contributed by atoms with E-state index in [9.17, 15) is 19.2 Å². The third-order valence-corrected chi connectivity index (χ3v) is 31.6. The minimum atomic E-state index is -4.07. The number of methoxy groups -OCH3 is 4. The van der Waals surface area contributed by atoms with Gasteiger partial charge in [0.15, 0.2) is 51.4 Å². The molecular weight excluding hydrogens is 1480 g/mol. The maximum Gasteiger partial charge on any atom is 0.320 e. The van der Waals surface area contributed by atoms with Gasteiger partial charge in [0.1, 0.15) is 70.8 Å². The Morgan fingerprint density at radius 2 is 0.768 bits per heavy atom. The number of nitrogens with zero attached hydrogens (tertiary/aromatic N) is 6. The molecule has 112 heavy (non-hydrogen) atoms. The topological polar surface area (TPSA) is 313 Å². The molecular formula is C82H101N10O17PSi2. The standard InChI is InChI=1S/C82H101N10O17PSi2/c1-49(2)71(93)87-77-85-69-63(73(95)89-77)83-47-91(69)75-67(65(108-111(15,16)79(5,6)7)61(104-75)45-102-81(51-25-21-19-22-26-51,53-29-37-57(98-11)38-30-53)54-31-39-58(99-12)40-32-54)106-110(97)107-68-66(109-112(17,18)80(8,9)10)62(105-76(68)92-48-84-64-70(92)86-78(90-74(64)96)88-72(94)50(3)4)46-103-82(52-27-23-20-24-28-52,55-33-41-59(100-13)42-34-55)56-35-43-60(101-14)44-36-56/h19-44,47-50,61-62,65-68,75-76,110H,45-46H2,1-18H3,(H2,85,87,89,93,95)(H2,86,88,90,94,96)/t61-,62-,65-,66-,67-,68-,75-,76-/m1/s1. The van der Waals surface area contributed by atoms with Crippen molar-refractivity contribution >= 4 is 70.9 Å². The van der Waals surface area contributed by atoms with Crippen LogP contribution in [-0.4, -0.2) is 146 Å². The van der Waals surface area contributed by atoms with Crippen LogP contribution < -0.4 is 40.7 Å². The van der Waals surface area contributed by atoms with Crippen LogP contribution in [0.5, 0.6) is 23.0 Å². The summed E-state index contributed by atoms with van der Waals surface area (Å²) in [4.78, 5) is 79.5. The SMILES string of the molecule is COc1ccc(C(OC[C@H]2O[C@@H](n3cnc4c(=O)[nH]c(NC(=O)C(C)C)nc43)[C@H](O[PH](=O)O[C@@H]3[C@H](O[Si](C)(C)C(C)(C)C)[C@@H](COC(c4ccccc4)(c4ccc(OC)cc4)c4ccc(OC)cc4)O[C@H]3n3cnc4c(=O)[nH]c(NC(=O)C(C)C)nc43)[C@@H]2O[Si](C)(C)C(C)(C)C)(c2ccccc2)c2ccc(OC)cc2)cc1. The lowest BCUT2D eigenvalue weighted by Crippen LogP contribution is -2.51. The molecule has 2 fully saturated rings. The molecule has 6 aromatic carbocycles. The van der Waals surface area contributed by atoms with Crippen LogP contribution in [-0.2, 0) is 62.2 Å². The Kier molecular flexibility index (Phi) is 24.4. The predicted octanol–water partition coefficient (Wildman–Crippen LogP) is 14.2. The number of benzene rings is 6. The van der Waals surface area contributed by atoms with E-state index in [1.54, 1.807) is 56.1 Å². The van der Waals surface area contributed by atoms with Gasteiger partial charge in [-0.25, -0.2) is 9.97 Å². The summed E-state index contributed by atoms with van der Waals surface area (Å²) in [5.74, 6) is 0.238. The summed E-state index contributed by atoms with van der Waals surface area (Å²) in [5, 5.41) is 4.50. The van der Waals surface area contributed by atoms with Crippen molar-refractivity contribution in [2.45, 2.75) is 166 Å². The number of hydrogen-bond acceptors (Lipinski definition) is 21. The third kappa shape index (κ3) is 16.6. The van der Waals surface area contributed by atoms with E-state index in [2.05, 4.69) is 98.3 Å². The molecule has 0 spiro atoms. The van der Waals surface area contributed by atoms with E-state index < -0.39 is 130 Å². The Labute approximate surface area is 653 Å². The monoisotopic (exact) mass is 1580 g/mol. The summed E-state index contributed by atoms with van der Waals surface area (Å²) in [5.41, 5.74) is -0.131. The molecule has 0 radical (unpaired) electrons. The van der Waals surface area contributed by atoms with Crippen molar-refractivity contribution in [3.8, 4) is 23.0 Å². The summed E-state index contributed by atoms with van der Waals surface area (Å²) in [6.45, 7) is 27.1. The van der Waals surface area contributed by atoms with Crippen molar-refractivity contribution in [1.29, 1.82) is 0 Å². The molecule has 8 atom stereocenters. The molecule has 30 heteroatoms. The first-order chi connectivity index (χ1) is 53.2. The number of imidazole rings is 2. The van der Waals surface area contributed by atoms with Crippen molar-refractivity contribution in [1.82, 2.24) is 39.0 Å². The summed E-state index contributed by atoms with van der Waals surface area (Å²) in [6.07, 6.45) is -7.70. The van der Waals surface area contributed by atoms with Gasteiger partial charge in [-0.05, 0) is 118 Å². The van der Waals surface area contributed by atoms with E-state index in [1.807, 2.05) is 158 Å². The van der Waals surface area contributed by atoms with Crippen LogP contribution in [0.3, 0.4) is 0 Å². The molecule has 10 aromatic rings. The third-order valence-electron chi connectivity index (χ3n) is 21.7.